The highest BCUT2D eigenvalue weighted by atomic mass is 19.4. The first-order chi connectivity index (χ1) is 11.4. The Morgan fingerprint density at radius 2 is 2.17 bits per heavy atom. The zero-order chi connectivity index (χ0) is 17.3. The van der Waals surface area contributed by atoms with Crippen molar-refractivity contribution in [2.45, 2.75) is 24.9 Å². The van der Waals surface area contributed by atoms with Crippen LogP contribution < -0.4 is 0 Å². The number of hydrogen-bond acceptors (Lipinski definition) is 4. The van der Waals surface area contributed by atoms with Crippen LogP contribution in [0.2, 0.25) is 0 Å². The monoisotopic (exact) mass is 342 g/mol. The van der Waals surface area contributed by atoms with E-state index in [-0.39, 0.29) is 18.4 Å². The average Bonchev–Trinajstić information content (AvgIpc) is 2.97. The number of fused-ring (bicyclic) bond motifs is 1. The lowest BCUT2D eigenvalue weighted by Gasteiger charge is -2.31. The Balaban J connectivity index is 1.89. The van der Waals surface area contributed by atoms with Gasteiger partial charge in [0.25, 0.3) is 0 Å². The van der Waals surface area contributed by atoms with Gasteiger partial charge in [0, 0.05) is 32.3 Å². The third kappa shape index (κ3) is 3.21. The molecule has 2 aromatic heterocycles. The summed E-state index contributed by atoms with van der Waals surface area (Å²) in [5, 5.41) is 8.00. The van der Waals surface area contributed by atoms with Crippen LogP contribution in [0.5, 0.6) is 0 Å². The summed E-state index contributed by atoms with van der Waals surface area (Å²) in [5.41, 5.74) is -0.391. The van der Waals surface area contributed by atoms with Crippen molar-refractivity contribution in [3.63, 3.8) is 0 Å². The number of nitrogens with zero attached hydrogens (tertiary/aromatic N) is 4. The molecule has 3 heterocycles. The first kappa shape index (κ1) is 16.7. The Labute approximate surface area is 136 Å². The molecule has 9 heteroatoms. The molecule has 0 aliphatic carbocycles. The third-order valence-electron chi connectivity index (χ3n) is 4.16. The molecule has 1 aliphatic rings. The van der Waals surface area contributed by atoms with E-state index in [0.717, 1.165) is 25.1 Å². The van der Waals surface area contributed by atoms with Gasteiger partial charge < -0.3 is 9.64 Å². The number of carbonyl (C=O) groups is 1. The summed E-state index contributed by atoms with van der Waals surface area (Å²) < 4.78 is 45.0. The first-order valence-corrected chi connectivity index (χ1v) is 7.58. The molecule has 1 fully saturated rings. The number of piperidine rings is 1. The molecule has 2 aromatic rings. The maximum Gasteiger partial charge on any atom is 0.417 e. The van der Waals surface area contributed by atoms with Crippen molar-refractivity contribution in [1.29, 1.82) is 0 Å². The Kier molecular flexibility index (Phi) is 4.44. The highest BCUT2D eigenvalue weighted by Crippen LogP contribution is 2.31. The van der Waals surface area contributed by atoms with Crippen molar-refractivity contribution in [2.75, 3.05) is 26.8 Å². The van der Waals surface area contributed by atoms with Crippen LogP contribution in [0.1, 0.15) is 30.1 Å². The molecule has 0 unspecified atom stereocenters. The molecule has 0 saturated carbocycles. The number of hydrogen-bond donors (Lipinski definition) is 0. The standard InChI is InChI=1S/C15H17F3N4O2/c1-24-9-13(23)21-6-2-3-10(7-21)14-20-19-12-5-4-11(8-22(12)14)15(16,17)18/h4-5,8,10H,2-3,6-7,9H2,1H3/t10-/m1/s1. The molecule has 0 radical (unpaired) electrons. The number of rotatable bonds is 3. The molecule has 0 aromatic carbocycles. The minimum Gasteiger partial charge on any atom is -0.375 e. The predicted molar refractivity (Wildman–Crippen MR) is 78.4 cm³/mol. The second-order valence-electron chi connectivity index (χ2n) is 5.81. The second kappa shape index (κ2) is 6.39. The highest BCUT2D eigenvalue weighted by Gasteiger charge is 2.32. The number of carbonyl (C=O) groups excluding carboxylic acids is 1. The van der Waals surface area contributed by atoms with Crippen LogP contribution in [-0.2, 0) is 15.7 Å². The lowest BCUT2D eigenvalue weighted by Crippen LogP contribution is -2.41. The number of pyridine rings is 1. The van der Waals surface area contributed by atoms with E-state index in [0.29, 0.717) is 24.6 Å². The number of ether oxygens (including phenoxy) is 1. The lowest BCUT2D eigenvalue weighted by molar-refractivity contribution is -0.138. The maximum absolute atomic E-state index is 12.9. The normalized spacial score (nSPS) is 19.0. The predicted octanol–water partition coefficient (Wildman–Crippen LogP) is 2.10. The van der Waals surface area contributed by atoms with Crippen LogP contribution in [-0.4, -0.2) is 52.2 Å². The summed E-state index contributed by atoms with van der Waals surface area (Å²) in [6.45, 7) is 1.01. The molecule has 0 spiro atoms. The van der Waals surface area contributed by atoms with E-state index in [1.165, 1.54) is 17.6 Å². The van der Waals surface area contributed by atoms with Gasteiger partial charge in [-0.25, -0.2) is 0 Å². The zero-order valence-corrected chi connectivity index (χ0v) is 13.1. The van der Waals surface area contributed by atoms with Gasteiger partial charge in [0.1, 0.15) is 12.4 Å². The van der Waals surface area contributed by atoms with E-state index in [1.54, 1.807) is 4.90 Å². The van der Waals surface area contributed by atoms with Crippen LogP contribution in [0.15, 0.2) is 18.3 Å². The van der Waals surface area contributed by atoms with Gasteiger partial charge in [-0.05, 0) is 25.0 Å². The Morgan fingerprint density at radius 1 is 1.38 bits per heavy atom. The number of halogens is 3. The Hall–Kier alpha value is -2.16. The van der Waals surface area contributed by atoms with Crippen molar-refractivity contribution in [3.05, 3.63) is 29.7 Å². The van der Waals surface area contributed by atoms with Crippen LogP contribution in [0.25, 0.3) is 5.65 Å². The zero-order valence-electron chi connectivity index (χ0n) is 13.1. The lowest BCUT2D eigenvalue weighted by atomic mass is 9.97. The number of amides is 1. The number of alkyl halides is 3. The Bertz CT molecular complexity index is 744. The summed E-state index contributed by atoms with van der Waals surface area (Å²) in [4.78, 5) is 13.6. The fourth-order valence-corrected chi connectivity index (χ4v) is 2.98. The van der Waals surface area contributed by atoms with Crippen LogP contribution >= 0.6 is 0 Å². The Morgan fingerprint density at radius 3 is 2.88 bits per heavy atom. The first-order valence-electron chi connectivity index (χ1n) is 7.58. The highest BCUT2D eigenvalue weighted by molar-refractivity contribution is 5.77. The van der Waals surface area contributed by atoms with Crippen molar-refractivity contribution < 1.29 is 22.7 Å². The van der Waals surface area contributed by atoms with E-state index in [1.807, 2.05) is 0 Å². The SMILES string of the molecule is COCC(=O)N1CCC[C@@H](c2nnc3ccc(C(F)(F)F)cn23)C1. The minimum absolute atomic E-state index is 0.00841. The largest absolute Gasteiger partial charge is 0.417 e. The smallest absolute Gasteiger partial charge is 0.375 e. The van der Waals surface area contributed by atoms with E-state index >= 15 is 0 Å². The number of methoxy groups -OCH3 is 1. The summed E-state index contributed by atoms with van der Waals surface area (Å²) >= 11 is 0. The van der Waals surface area contributed by atoms with Crippen molar-refractivity contribution in [3.8, 4) is 0 Å². The topological polar surface area (TPSA) is 59.7 Å². The molecular formula is C15H17F3N4O2. The minimum atomic E-state index is -4.43. The molecule has 1 atom stereocenters. The molecule has 3 rings (SSSR count). The van der Waals surface area contributed by atoms with Crippen LogP contribution in [0.3, 0.4) is 0 Å². The molecule has 1 amide bonds. The van der Waals surface area contributed by atoms with Gasteiger partial charge in [0.2, 0.25) is 5.91 Å². The molecule has 24 heavy (non-hydrogen) atoms. The van der Waals surface area contributed by atoms with E-state index in [2.05, 4.69) is 10.2 Å². The summed E-state index contributed by atoms with van der Waals surface area (Å²) in [7, 11) is 1.45. The van der Waals surface area contributed by atoms with E-state index in [4.69, 9.17) is 4.74 Å². The number of likely N-dealkylation sites (tertiary alicyclic amines) is 1. The molecule has 0 N–H and O–H groups in total. The third-order valence-corrected chi connectivity index (χ3v) is 4.16. The molecule has 0 bridgehead atoms. The van der Waals surface area contributed by atoms with E-state index < -0.39 is 11.7 Å². The van der Waals surface area contributed by atoms with Gasteiger partial charge in [-0.15, -0.1) is 10.2 Å². The fourth-order valence-electron chi connectivity index (χ4n) is 2.98. The van der Waals surface area contributed by atoms with Crippen molar-refractivity contribution >= 4 is 11.6 Å². The summed E-state index contributed by atoms with van der Waals surface area (Å²) in [5.74, 6) is 0.163. The van der Waals surface area contributed by atoms with Gasteiger partial charge in [-0.2, -0.15) is 13.2 Å². The van der Waals surface area contributed by atoms with Crippen molar-refractivity contribution in [2.24, 2.45) is 0 Å². The molecule has 1 saturated heterocycles. The quantitative estimate of drug-likeness (QED) is 0.857. The van der Waals surface area contributed by atoms with Crippen LogP contribution in [0.4, 0.5) is 13.2 Å². The van der Waals surface area contributed by atoms with Gasteiger partial charge in [0.05, 0.1) is 5.56 Å². The summed E-state index contributed by atoms with van der Waals surface area (Å²) in [6.07, 6.45) is -1.91. The molecule has 130 valence electrons. The summed E-state index contributed by atoms with van der Waals surface area (Å²) in [6, 6.07) is 2.29. The van der Waals surface area contributed by atoms with Crippen LogP contribution in [0, 0.1) is 0 Å². The second-order valence-corrected chi connectivity index (χ2v) is 5.81. The van der Waals surface area contributed by atoms with Gasteiger partial charge in [-0.1, -0.05) is 0 Å². The van der Waals surface area contributed by atoms with E-state index in [9.17, 15) is 18.0 Å². The van der Waals surface area contributed by atoms with Crippen molar-refractivity contribution in [1.82, 2.24) is 19.5 Å². The average molecular weight is 342 g/mol. The fraction of sp³-hybridized carbons (Fsp3) is 0.533. The maximum atomic E-state index is 12.9. The van der Waals surface area contributed by atoms with Gasteiger partial charge in [0.15, 0.2) is 5.65 Å². The molecule has 1 aliphatic heterocycles. The molecule has 6 nitrogen and oxygen atoms in total. The van der Waals surface area contributed by atoms with Gasteiger partial charge >= 0.3 is 6.18 Å². The van der Waals surface area contributed by atoms with Gasteiger partial charge in [-0.3, -0.25) is 9.20 Å². The molecular weight excluding hydrogens is 325 g/mol. The number of aromatic nitrogens is 3.